The first-order chi connectivity index (χ1) is 10.1. The van der Waals surface area contributed by atoms with Gasteiger partial charge in [-0.15, -0.1) is 35.3 Å². The number of nitrogens with two attached hydrogens (primary N) is 1. The van der Waals surface area contributed by atoms with Crippen LogP contribution in [-0.4, -0.2) is 31.6 Å². The molecular weight excluding hydrogens is 409 g/mol. The third kappa shape index (κ3) is 6.18. The Morgan fingerprint density at radius 2 is 2.14 bits per heavy atom. The van der Waals surface area contributed by atoms with Gasteiger partial charge in [0.05, 0.1) is 12.2 Å². The lowest BCUT2D eigenvalue weighted by atomic mass is 10.3. The van der Waals surface area contributed by atoms with Gasteiger partial charge in [0.2, 0.25) is 0 Å². The lowest BCUT2D eigenvalue weighted by Gasteiger charge is -2.11. The second-order valence-electron chi connectivity index (χ2n) is 4.84. The summed E-state index contributed by atoms with van der Waals surface area (Å²) in [5.74, 6) is 1.38. The molecule has 0 saturated carbocycles. The van der Waals surface area contributed by atoms with Gasteiger partial charge >= 0.3 is 0 Å². The predicted molar refractivity (Wildman–Crippen MR) is 105 cm³/mol. The summed E-state index contributed by atoms with van der Waals surface area (Å²) in [6.45, 7) is 1.28. The van der Waals surface area contributed by atoms with E-state index in [4.69, 9.17) is 5.73 Å². The number of halogens is 1. The van der Waals surface area contributed by atoms with Gasteiger partial charge in [0, 0.05) is 25.5 Å². The number of guanidine groups is 1. The second kappa shape index (κ2) is 9.62. The van der Waals surface area contributed by atoms with Gasteiger partial charge in [-0.25, -0.2) is 9.98 Å². The summed E-state index contributed by atoms with van der Waals surface area (Å²) >= 11 is 1.75. The molecule has 7 heteroatoms. The van der Waals surface area contributed by atoms with Crippen molar-refractivity contribution in [2.24, 2.45) is 10.7 Å². The van der Waals surface area contributed by atoms with Crippen molar-refractivity contribution in [3.8, 4) is 0 Å². The number of nitrogens with zero attached hydrogens (tertiary/aromatic N) is 3. The second-order valence-corrected chi connectivity index (χ2v) is 5.87. The van der Waals surface area contributed by atoms with Gasteiger partial charge < -0.3 is 16.0 Å². The van der Waals surface area contributed by atoms with E-state index in [0.717, 1.165) is 24.5 Å². The Morgan fingerprint density at radius 1 is 1.32 bits per heavy atom. The lowest BCUT2D eigenvalue weighted by molar-refractivity contribution is 0.852. The summed E-state index contributed by atoms with van der Waals surface area (Å²) < 4.78 is 0. The fourth-order valence-corrected chi connectivity index (χ4v) is 2.50. The highest BCUT2D eigenvalue weighted by atomic mass is 127. The first kappa shape index (κ1) is 18.7. The van der Waals surface area contributed by atoms with E-state index in [1.165, 1.54) is 4.88 Å². The third-order valence-corrected chi connectivity index (χ3v) is 3.86. The number of rotatable bonds is 6. The summed E-state index contributed by atoms with van der Waals surface area (Å²) in [5, 5.41) is 5.20. The van der Waals surface area contributed by atoms with Crippen molar-refractivity contribution in [1.82, 2.24) is 10.3 Å². The summed E-state index contributed by atoms with van der Waals surface area (Å²) in [6, 6.07) is 10.1. The molecule has 0 aliphatic carbocycles. The van der Waals surface area contributed by atoms with Crippen molar-refractivity contribution in [3.05, 3.63) is 46.3 Å². The number of anilines is 1. The third-order valence-electron chi connectivity index (χ3n) is 2.92. The number of thiophene rings is 1. The summed E-state index contributed by atoms with van der Waals surface area (Å²) in [4.78, 5) is 12.1. The Morgan fingerprint density at radius 3 is 2.82 bits per heavy atom. The first-order valence-electron chi connectivity index (χ1n) is 6.84. The molecule has 0 bridgehead atoms. The van der Waals surface area contributed by atoms with Crippen LogP contribution >= 0.6 is 35.3 Å². The van der Waals surface area contributed by atoms with E-state index in [9.17, 15) is 0 Å². The minimum Gasteiger partial charge on any atom is -0.370 e. The van der Waals surface area contributed by atoms with E-state index in [2.05, 4.69) is 32.8 Å². The quantitative estimate of drug-likeness (QED) is 0.419. The van der Waals surface area contributed by atoms with Crippen LogP contribution in [0.1, 0.15) is 10.6 Å². The van der Waals surface area contributed by atoms with Crippen molar-refractivity contribution < 1.29 is 0 Å². The van der Waals surface area contributed by atoms with E-state index < -0.39 is 0 Å². The Hall–Kier alpha value is -1.35. The first-order valence-corrected chi connectivity index (χ1v) is 7.72. The molecule has 0 radical (unpaired) electrons. The predicted octanol–water partition coefficient (Wildman–Crippen LogP) is 2.47. The molecule has 0 fully saturated rings. The molecule has 3 N–H and O–H groups in total. The van der Waals surface area contributed by atoms with Gasteiger partial charge in [-0.1, -0.05) is 12.1 Å². The van der Waals surface area contributed by atoms with Crippen LogP contribution in [-0.2, 0) is 13.0 Å². The minimum atomic E-state index is 0. The van der Waals surface area contributed by atoms with Crippen LogP contribution in [0.2, 0.25) is 0 Å². The molecule has 2 aromatic heterocycles. The molecule has 2 heterocycles. The van der Waals surface area contributed by atoms with Crippen LogP contribution in [0.15, 0.2) is 40.7 Å². The Bertz CT molecular complexity index is 583. The number of pyridine rings is 1. The average Bonchev–Trinajstić information content (AvgIpc) is 2.99. The number of nitrogens with one attached hydrogen (secondary N) is 1. The largest absolute Gasteiger partial charge is 0.370 e. The standard InChI is InChI=1S/C15H21N5S.HI/c1-20(2)14-7-3-5-12(19-14)11-18-15(16)17-9-8-13-6-4-10-21-13;/h3-7,10H,8-9,11H2,1-2H3,(H3,16,17,18);1H. The highest BCUT2D eigenvalue weighted by Crippen LogP contribution is 2.09. The highest BCUT2D eigenvalue weighted by Gasteiger charge is 2.00. The molecule has 2 aromatic rings. The van der Waals surface area contributed by atoms with Crippen LogP contribution in [0.3, 0.4) is 0 Å². The summed E-state index contributed by atoms with van der Waals surface area (Å²) in [6.07, 6.45) is 0.961. The van der Waals surface area contributed by atoms with E-state index in [-0.39, 0.29) is 24.0 Å². The van der Waals surface area contributed by atoms with Crippen LogP contribution in [0.5, 0.6) is 0 Å². The highest BCUT2D eigenvalue weighted by molar-refractivity contribution is 14.0. The minimum absolute atomic E-state index is 0. The molecule has 0 aliphatic heterocycles. The zero-order valence-electron chi connectivity index (χ0n) is 12.8. The van der Waals surface area contributed by atoms with Crippen molar-refractivity contribution >= 4 is 47.1 Å². The Balaban J connectivity index is 0.00000242. The van der Waals surface area contributed by atoms with Gasteiger partial charge in [0.25, 0.3) is 0 Å². The normalized spacial score (nSPS) is 10.9. The molecule has 0 unspecified atom stereocenters. The fraction of sp³-hybridized carbons (Fsp3) is 0.333. The Kier molecular flexibility index (Phi) is 8.18. The zero-order valence-corrected chi connectivity index (χ0v) is 16.0. The number of hydrogen-bond acceptors (Lipinski definition) is 4. The van der Waals surface area contributed by atoms with E-state index in [0.29, 0.717) is 12.5 Å². The zero-order chi connectivity index (χ0) is 15.1. The molecule has 0 aromatic carbocycles. The molecule has 0 atom stereocenters. The van der Waals surface area contributed by atoms with Crippen molar-refractivity contribution in [1.29, 1.82) is 0 Å². The SMILES string of the molecule is CN(C)c1cccc(CN=C(N)NCCc2cccs2)n1.I. The Labute approximate surface area is 152 Å². The average molecular weight is 431 g/mol. The maximum absolute atomic E-state index is 5.86. The van der Waals surface area contributed by atoms with Gasteiger partial charge in [-0.3, -0.25) is 0 Å². The molecule has 0 saturated heterocycles. The summed E-state index contributed by atoms with van der Waals surface area (Å²) in [5.41, 5.74) is 6.77. The number of aliphatic imine (C=N–C) groups is 1. The molecule has 22 heavy (non-hydrogen) atoms. The summed E-state index contributed by atoms with van der Waals surface area (Å²) in [7, 11) is 3.94. The maximum atomic E-state index is 5.86. The lowest BCUT2D eigenvalue weighted by Crippen LogP contribution is -2.33. The molecule has 0 spiro atoms. The monoisotopic (exact) mass is 431 g/mol. The maximum Gasteiger partial charge on any atom is 0.188 e. The van der Waals surface area contributed by atoms with Gasteiger partial charge in [0.15, 0.2) is 5.96 Å². The smallest absolute Gasteiger partial charge is 0.188 e. The van der Waals surface area contributed by atoms with Crippen LogP contribution in [0, 0.1) is 0 Å². The van der Waals surface area contributed by atoms with Gasteiger partial charge in [-0.05, 0) is 30.0 Å². The van der Waals surface area contributed by atoms with E-state index in [1.807, 2.05) is 37.2 Å². The van der Waals surface area contributed by atoms with Gasteiger partial charge in [-0.2, -0.15) is 0 Å². The molecule has 120 valence electrons. The van der Waals surface area contributed by atoms with E-state index in [1.54, 1.807) is 11.3 Å². The van der Waals surface area contributed by atoms with Crippen LogP contribution in [0.25, 0.3) is 0 Å². The molecular formula is C15H22IN5S. The number of hydrogen-bond donors (Lipinski definition) is 2. The molecule has 0 aliphatic rings. The molecule has 2 rings (SSSR count). The molecule has 0 amide bonds. The van der Waals surface area contributed by atoms with Crippen molar-refractivity contribution in [2.45, 2.75) is 13.0 Å². The van der Waals surface area contributed by atoms with Crippen molar-refractivity contribution in [3.63, 3.8) is 0 Å². The van der Waals surface area contributed by atoms with Crippen LogP contribution < -0.4 is 16.0 Å². The molecule has 5 nitrogen and oxygen atoms in total. The topological polar surface area (TPSA) is 66.5 Å². The van der Waals surface area contributed by atoms with Crippen molar-refractivity contribution in [2.75, 3.05) is 25.5 Å². The fourth-order valence-electron chi connectivity index (χ4n) is 1.79. The van der Waals surface area contributed by atoms with Gasteiger partial charge in [0.1, 0.15) is 5.82 Å². The van der Waals surface area contributed by atoms with Crippen LogP contribution in [0.4, 0.5) is 5.82 Å². The van der Waals surface area contributed by atoms with E-state index >= 15 is 0 Å². The number of aromatic nitrogens is 1.